The normalized spacial score (nSPS) is 9.17. The number of rotatable bonds is 1. The first kappa shape index (κ1) is 5.44. The monoisotopic (exact) mass is 105 g/mol. The highest BCUT2D eigenvalue weighted by Crippen LogP contribution is 2.03. The lowest BCUT2D eigenvalue weighted by Crippen LogP contribution is -1.78. The Kier molecular flexibility index (Phi) is 2.42. The van der Waals surface area contributed by atoms with Crippen LogP contribution in [-0.4, -0.2) is 6.08 Å². The van der Waals surface area contributed by atoms with Gasteiger partial charge in [-0.3, -0.25) is 0 Å². The Balaban J connectivity index is 3.60. The van der Waals surface area contributed by atoms with E-state index in [1.807, 2.05) is 0 Å². The predicted octanol–water partition coefficient (Wildman–Crippen LogP) is -0.660. The molecule has 0 aromatic heterocycles. The average Bonchev–Trinajstić information content (AvgIpc) is 1.35. The van der Waals surface area contributed by atoms with Gasteiger partial charge in [-0.1, -0.05) is 0 Å². The van der Waals surface area contributed by atoms with Crippen molar-refractivity contribution < 1.29 is 14.3 Å². The van der Waals surface area contributed by atoms with Crippen LogP contribution in [0.25, 0.3) is 0 Å². The molecule has 0 aromatic rings. The maximum atomic E-state index is 9.21. The van der Waals surface area contributed by atoms with Crippen LogP contribution in [0.4, 0.5) is 0 Å². The third kappa shape index (κ3) is 3.44. The molecule has 1 unspecified atom stereocenters. The van der Waals surface area contributed by atoms with Crippen molar-refractivity contribution in [2.45, 2.75) is 0 Å². The van der Waals surface area contributed by atoms with Crippen molar-refractivity contribution in [2.24, 2.45) is 4.76 Å². The predicted molar refractivity (Wildman–Crippen MR) is 15.7 cm³/mol. The van der Waals surface area contributed by atoms with Gasteiger partial charge in [-0.15, -0.1) is 0 Å². The van der Waals surface area contributed by atoms with E-state index in [2.05, 4.69) is 4.76 Å². The standard InChI is InChI=1S/CNO3P/c3-1-2-6(4)5. The van der Waals surface area contributed by atoms with Crippen LogP contribution < -0.4 is 4.89 Å². The van der Waals surface area contributed by atoms with E-state index in [9.17, 15) is 9.46 Å². The molecule has 0 rings (SSSR count). The van der Waals surface area contributed by atoms with E-state index in [-0.39, 0.29) is 0 Å². The molecule has 0 N–H and O–H groups in total. The van der Waals surface area contributed by atoms with Crippen molar-refractivity contribution in [3.63, 3.8) is 0 Å². The largest absolute Gasteiger partial charge is 0.571 e. The zero-order valence-electron chi connectivity index (χ0n) is 2.62. The molecule has 0 aliphatic carbocycles. The zero-order valence-corrected chi connectivity index (χ0v) is 3.51. The zero-order chi connectivity index (χ0) is 4.99. The van der Waals surface area contributed by atoms with E-state index < -0.39 is 8.18 Å². The summed E-state index contributed by atoms with van der Waals surface area (Å²) >= 11 is 0. The minimum Gasteiger partial charge on any atom is -0.571 e. The molecular formula is CNO3P. The summed E-state index contributed by atoms with van der Waals surface area (Å²) in [6.45, 7) is 0. The molecule has 0 aliphatic rings. The molecule has 0 fully saturated rings. The third-order valence-electron chi connectivity index (χ3n) is 0.122. The highest BCUT2D eigenvalue weighted by molar-refractivity contribution is 7.34. The molecule has 0 saturated carbocycles. The molecule has 1 atom stereocenters. The summed E-state index contributed by atoms with van der Waals surface area (Å²) in [4.78, 5) is 18.1. The fraction of sp³-hybridized carbons (Fsp3) is 0. The maximum Gasteiger partial charge on any atom is 0.475 e. The van der Waals surface area contributed by atoms with Crippen LogP contribution in [0.15, 0.2) is 4.76 Å². The van der Waals surface area contributed by atoms with Gasteiger partial charge in [0.05, 0.1) is 4.76 Å². The van der Waals surface area contributed by atoms with E-state index in [1.54, 1.807) is 0 Å². The van der Waals surface area contributed by atoms with Gasteiger partial charge in [-0.2, -0.15) is 0 Å². The van der Waals surface area contributed by atoms with Crippen molar-refractivity contribution in [3.8, 4) is 0 Å². The molecule has 0 spiro atoms. The van der Waals surface area contributed by atoms with Gasteiger partial charge in [0, 0.05) is 0 Å². The topological polar surface area (TPSA) is 69.6 Å². The summed E-state index contributed by atoms with van der Waals surface area (Å²) in [5.74, 6) is 0. The van der Waals surface area contributed by atoms with Gasteiger partial charge in [-0.25, -0.2) is 4.79 Å². The van der Waals surface area contributed by atoms with Crippen LogP contribution in [0.2, 0.25) is 0 Å². The second-order valence-corrected chi connectivity index (χ2v) is 1.10. The molecule has 0 amide bonds. The molecule has 6 heavy (non-hydrogen) atoms. The van der Waals surface area contributed by atoms with Crippen LogP contribution in [-0.2, 0) is 9.36 Å². The smallest absolute Gasteiger partial charge is 0.475 e. The highest BCUT2D eigenvalue weighted by atomic mass is 31.1. The molecule has 5 heteroatoms. The molecule has 0 saturated heterocycles. The Morgan fingerprint density at radius 2 is 2.33 bits per heavy atom. The molecular weight excluding hydrogens is 105 g/mol. The summed E-state index contributed by atoms with van der Waals surface area (Å²) in [7, 11) is -2.90. The minimum absolute atomic E-state index is 0.846. The lowest BCUT2D eigenvalue weighted by molar-refractivity contribution is -0.164. The summed E-state index contributed by atoms with van der Waals surface area (Å²) < 4.78 is 11.5. The lowest BCUT2D eigenvalue weighted by atomic mass is 11.7. The van der Waals surface area contributed by atoms with Crippen molar-refractivity contribution >= 4 is 14.3 Å². The Bertz CT molecular complexity index is 103. The molecule has 32 valence electrons. The molecule has 0 radical (unpaired) electrons. The second-order valence-electron chi connectivity index (χ2n) is 0.429. The van der Waals surface area contributed by atoms with Gasteiger partial charge in [0.25, 0.3) is 6.08 Å². The van der Waals surface area contributed by atoms with Crippen molar-refractivity contribution in [2.75, 3.05) is 0 Å². The van der Waals surface area contributed by atoms with Gasteiger partial charge >= 0.3 is 8.18 Å². The average molecular weight is 105 g/mol. The van der Waals surface area contributed by atoms with Crippen LogP contribution in [0.5, 0.6) is 0 Å². The van der Waals surface area contributed by atoms with Crippen LogP contribution in [0.1, 0.15) is 0 Å². The molecule has 0 heterocycles. The van der Waals surface area contributed by atoms with E-state index in [0.29, 0.717) is 0 Å². The number of hydrogen-bond donors (Lipinski definition) is 0. The third-order valence-corrected chi connectivity index (χ3v) is 0.367. The molecule has 0 bridgehead atoms. The Morgan fingerprint density at radius 3 is 2.33 bits per heavy atom. The Hall–Kier alpha value is -0.560. The van der Waals surface area contributed by atoms with Crippen molar-refractivity contribution in [1.29, 1.82) is 0 Å². The SMILES string of the molecule is O=C=N[P+](=O)[O-]. The Labute approximate surface area is 34.4 Å². The van der Waals surface area contributed by atoms with Crippen LogP contribution >= 0.6 is 8.18 Å². The maximum absolute atomic E-state index is 9.21. The number of carbonyl (C=O) groups excluding carboxylic acids is 1. The van der Waals surface area contributed by atoms with Gasteiger partial charge in [0.1, 0.15) is 0 Å². The van der Waals surface area contributed by atoms with Gasteiger partial charge < -0.3 is 4.89 Å². The first-order valence-electron chi connectivity index (χ1n) is 0.993. The first-order valence-corrected chi connectivity index (χ1v) is 2.12. The molecule has 4 nitrogen and oxygen atoms in total. The lowest BCUT2D eigenvalue weighted by Gasteiger charge is -1.59. The van der Waals surface area contributed by atoms with Crippen LogP contribution in [0, 0.1) is 0 Å². The fourth-order valence-electron chi connectivity index (χ4n) is 0.0333. The molecule has 0 aromatic carbocycles. The van der Waals surface area contributed by atoms with E-state index in [4.69, 9.17) is 4.79 Å². The summed E-state index contributed by atoms with van der Waals surface area (Å²) in [6.07, 6.45) is 0.846. The van der Waals surface area contributed by atoms with Crippen LogP contribution in [0.3, 0.4) is 0 Å². The fourth-order valence-corrected chi connectivity index (χ4v) is 0.100. The summed E-state index contributed by atoms with van der Waals surface area (Å²) in [5, 5.41) is 0. The van der Waals surface area contributed by atoms with Crippen molar-refractivity contribution in [3.05, 3.63) is 0 Å². The van der Waals surface area contributed by atoms with E-state index >= 15 is 0 Å². The minimum atomic E-state index is -2.90. The quantitative estimate of drug-likeness (QED) is 0.252. The number of hydrogen-bond acceptors (Lipinski definition) is 3. The van der Waals surface area contributed by atoms with Gasteiger partial charge in [0.15, 0.2) is 0 Å². The van der Waals surface area contributed by atoms with E-state index in [0.717, 1.165) is 6.08 Å². The summed E-state index contributed by atoms with van der Waals surface area (Å²) in [5.41, 5.74) is 0. The van der Waals surface area contributed by atoms with Crippen molar-refractivity contribution in [1.82, 2.24) is 0 Å². The highest BCUT2D eigenvalue weighted by Gasteiger charge is 1.86. The van der Waals surface area contributed by atoms with Gasteiger partial charge in [0.2, 0.25) is 0 Å². The van der Waals surface area contributed by atoms with E-state index in [1.165, 1.54) is 0 Å². The summed E-state index contributed by atoms with van der Waals surface area (Å²) in [6, 6.07) is 0. The number of nitrogens with zero attached hydrogens (tertiary/aromatic N) is 1. The Morgan fingerprint density at radius 1 is 1.83 bits per heavy atom. The van der Waals surface area contributed by atoms with Gasteiger partial charge in [-0.05, 0) is 4.57 Å². The molecule has 0 aliphatic heterocycles. The second kappa shape index (κ2) is 2.67. The number of isocyanates is 1. The first-order chi connectivity index (χ1) is 2.77.